The molecule has 1 aromatic rings. The first-order chi connectivity index (χ1) is 5.77. The van der Waals surface area contributed by atoms with Gasteiger partial charge in [0.25, 0.3) is 0 Å². The second-order valence-corrected chi connectivity index (χ2v) is 5.64. The minimum absolute atomic E-state index is 0.757. The predicted octanol–water partition coefficient (Wildman–Crippen LogP) is 2.98. The van der Waals surface area contributed by atoms with Crippen LogP contribution in [0.4, 0.5) is 0 Å². The van der Waals surface area contributed by atoms with Crippen molar-refractivity contribution in [2.45, 2.75) is 26.2 Å². The Morgan fingerprint density at radius 3 is 2.75 bits per heavy atom. The van der Waals surface area contributed by atoms with Crippen molar-refractivity contribution in [1.82, 2.24) is 4.98 Å². The van der Waals surface area contributed by atoms with Crippen LogP contribution in [0, 0.1) is 13.8 Å². The fourth-order valence-electron chi connectivity index (χ4n) is 1.40. The number of rotatable bonds is 1. The lowest BCUT2D eigenvalue weighted by Gasteiger charge is -2.00. The molecule has 66 valence electrons. The minimum Gasteiger partial charge on any atom is -0.246 e. The van der Waals surface area contributed by atoms with Crippen LogP contribution >= 0.6 is 23.1 Å². The smallest absolute Gasteiger partial charge is 0.0970 e. The van der Waals surface area contributed by atoms with Crippen molar-refractivity contribution in [1.29, 1.82) is 0 Å². The highest BCUT2D eigenvalue weighted by atomic mass is 32.2. The van der Waals surface area contributed by atoms with Gasteiger partial charge in [-0.3, -0.25) is 0 Å². The maximum Gasteiger partial charge on any atom is 0.0970 e. The van der Waals surface area contributed by atoms with Crippen LogP contribution in [0.3, 0.4) is 0 Å². The third-order valence-electron chi connectivity index (χ3n) is 2.32. The summed E-state index contributed by atoms with van der Waals surface area (Å²) in [5, 5.41) is 1.37. The van der Waals surface area contributed by atoms with E-state index in [0.29, 0.717) is 0 Å². The molecule has 0 saturated carbocycles. The molecule has 3 heteroatoms. The summed E-state index contributed by atoms with van der Waals surface area (Å²) < 4.78 is 0. The summed E-state index contributed by atoms with van der Waals surface area (Å²) in [6.07, 6.45) is 1.33. The van der Waals surface area contributed by atoms with Crippen molar-refractivity contribution in [2.24, 2.45) is 0 Å². The van der Waals surface area contributed by atoms with E-state index in [9.17, 15) is 0 Å². The standard InChI is InChI=1S/C9H13NS2/c1-6-7(2)12-9(10-6)8-3-4-11-5-8/h8H,3-5H2,1-2H3. The van der Waals surface area contributed by atoms with Crippen molar-refractivity contribution in [2.75, 3.05) is 11.5 Å². The number of thiazole rings is 1. The van der Waals surface area contributed by atoms with Gasteiger partial charge in [-0.1, -0.05) is 0 Å². The Bertz CT molecular complexity index is 255. The van der Waals surface area contributed by atoms with E-state index in [4.69, 9.17) is 0 Å². The molecule has 1 fully saturated rings. The zero-order chi connectivity index (χ0) is 8.55. The zero-order valence-electron chi connectivity index (χ0n) is 7.46. The molecule has 1 aliphatic rings. The minimum atomic E-state index is 0.757. The monoisotopic (exact) mass is 199 g/mol. The SMILES string of the molecule is Cc1nc(C2CCSC2)sc1C. The summed E-state index contributed by atoms with van der Waals surface area (Å²) in [5.41, 5.74) is 1.23. The highest BCUT2D eigenvalue weighted by molar-refractivity contribution is 7.99. The number of hydrogen-bond donors (Lipinski definition) is 0. The summed E-state index contributed by atoms with van der Waals surface area (Å²) >= 11 is 3.95. The van der Waals surface area contributed by atoms with Gasteiger partial charge >= 0.3 is 0 Å². The van der Waals surface area contributed by atoms with Crippen LogP contribution in [0.15, 0.2) is 0 Å². The first kappa shape index (κ1) is 8.57. The van der Waals surface area contributed by atoms with Gasteiger partial charge < -0.3 is 0 Å². The van der Waals surface area contributed by atoms with Crippen molar-refractivity contribution < 1.29 is 0 Å². The number of thioether (sulfide) groups is 1. The topological polar surface area (TPSA) is 12.9 Å². The van der Waals surface area contributed by atoms with Crippen LogP contribution in [0.5, 0.6) is 0 Å². The first-order valence-corrected chi connectivity index (χ1v) is 6.26. The Morgan fingerprint density at radius 1 is 1.42 bits per heavy atom. The first-order valence-electron chi connectivity index (χ1n) is 4.29. The predicted molar refractivity (Wildman–Crippen MR) is 56.3 cm³/mol. The maximum atomic E-state index is 4.60. The highest BCUT2D eigenvalue weighted by Gasteiger charge is 2.20. The quantitative estimate of drug-likeness (QED) is 0.689. The molecule has 1 unspecified atom stereocenters. The molecule has 1 atom stereocenters. The molecule has 1 aromatic heterocycles. The average Bonchev–Trinajstić information content (AvgIpc) is 2.61. The van der Waals surface area contributed by atoms with Crippen molar-refractivity contribution in [3.63, 3.8) is 0 Å². The van der Waals surface area contributed by atoms with E-state index in [1.807, 2.05) is 11.3 Å². The molecule has 0 bridgehead atoms. The molecule has 0 aromatic carbocycles. The van der Waals surface area contributed by atoms with Gasteiger partial charge in [-0.05, 0) is 26.0 Å². The molecular formula is C9H13NS2. The fourth-order valence-corrected chi connectivity index (χ4v) is 3.79. The van der Waals surface area contributed by atoms with E-state index in [0.717, 1.165) is 5.92 Å². The molecule has 0 spiro atoms. The van der Waals surface area contributed by atoms with E-state index in [-0.39, 0.29) is 0 Å². The van der Waals surface area contributed by atoms with Crippen LogP contribution in [-0.4, -0.2) is 16.5 Å². The maximum absolute atomic E-state index is 4.60. The van der Waals surface area contributed by atoms with Crippen LogP contribution in [0.2, 0.25) is 0 Å². The van der Waals surface area contributed by atoms with Gasteiger partial charge in [0.2, 0.25) is 0 Å². The number of hydrogen-bond acceptors (Lipinski definition) is 3. The van der Waals surface area contributed by atoms with E-state index in [1.54, 1.807) is 0 Å². The average molecular weight is 199 g/mol. The molecule has 2 heterocycles. The number of aromatic nitrogens is 1. The lowest BCUT2D eigenvalue weighted by molar-refractivity contribution is 0.770. The Hall–Kier alpha value is -0.0200. The van der Waals surface area contributed by atoms with Gasteiger partial charge in [-0.2, -0.15) is 11.8 Å². The van der Waals surface area contributed by atoms with Crippen LogP contribution in [0.25, 0.3) is 0 Å². The van der Waals surface area contributed by atoms with Crippen LogP contribution < -0.4 is 0 Å². The van der Waals surface area contributed by atoms with Crippen molar-refractivity contribution in [3.05, 3.63) is 15.6 Å². The normalized spacial score (nSPS) is 23.3. The largest absolute Gasteiger partial charge is 0.246 e. The van der Waals surface area contributed by atoms with E-state index in [1.165, 1.54) is 33.5 Å². The van der Waals surface area contributed by atoms with Crippen LogP contribution in [0.1, 0.15) is 27.9 Å². The van der Waals surface area contributed by atoms with Gasteiger partial charge in [0.1, 0.15) is 0 Å². The van der Waals surface area contributed by atoms with Gasteiger partial charge in [0.05, 0.1) is 10.7 Å². The van der Waals surface area contributed by atoms with Crippen molar-refractivity contribution >= 4 is 23.1 Å². The van der Waals surface area contributed by atoms with Crippen LogP contribution in [-0.2, 0) is 0 Å². The highest BCUT2D eigenvalue weighted by Crippen LogP contribution is 2.35. The van der Waals surface area contributed by atoms with E-state index in [2.05, 4.69) is 30.6 Å². The molecular weight excluding hydrogens is 186 g/mol. The molecule has 12 heavy (non-hydrogen) atoms. The third-order valence-corrected chi connectivity index (χ3v) is 4.72. The van der Waals surface area contributed by atoms with E-state index < -0.39 is 0 Å². The molecule has 0 aliphatic carbocycles. The molecule has 1 saturated heterocycles. The second-order valence-electron chi connectivity index (χ2n) is 3.25. The summed E-state index contributed by atoms with van der Waals surface area (Å²) in [6.45, 7) is 4.27. The molecule has 1 nitrogen and oxygen atoms in total. The molecule has 2 rings (SSSR count). The lowest BCUT2D eigenvalue weighted by Crippen LogP contribution is -1.94. The van der Waals surface area contributed by atoms with Gasteiger partial charge in [0.15, 0.2) is 0 Å². The van der Waals surface area contributed by atoms with Crippen molar-refractivity contribution in [3.8, 4) is 0 Å². The van der Waals surface area contributed by atoms with Gasteiger partial charge in [-0.25, -0.2) is 4.98 Å². The third kappa shape index (κ3) is 1.52. The molecule has 1 aliphatic heterocycles. The molecule has 0 N–H and O–H groups in total. The molecule has 0 amide bonds. The summed E-state index contributed by atoms with van der Waals surface area (Å²) in [7, 11) is 0. The fraction of sp³-hybridized carbons (Fsp3) is 0.667. The van der Waals surface area contributed by atoms with E-state index >= 15 is 0 Å². The Labute approximate surface area is 81.6 Å². The Morgan fingerprint density at radius 2 is 2.25 bits per heavy atom. The summed E-state index contributed by atoms with van der Waals surface area (Å²) in [4.78, 5) is 5.99. The zero-order valence-corrected chi connectivity index (χ0v) is 9.10. The Kier molecular flexibility index (Phi) is 2.42. The Balaban J connectivity index is 2.21. The molecule has 0 radical (unpaired) electrons. The summed E-state index contributed by atoms with van der Waals surface area (Å²) in [5.74, 6) is 3.36. The number of nitrogens with zero attached hydrogens (tertiary/aromatic N) is 1. The second kappa shape index (κ2) is 3.38. The van der Waals surface area contributed by atoms with Gasteiger partial charge in [0, 0.05) is 16.5 Å². The lowest BCUT2D eigenvalue weighted by atomic mass is 10.1. The summed E-state index contributed by atoms with van der Waals surface area (Å²) in [6, 6.07) is 0. The number of aryl methyl sites for hydroxylation is 2. The van der Waals surface area contributed by atoms with Gasteiger partial charge in [-0.15, -0.1) is 11.3 Å².